The zero-order valence-electron chi connectivity index (χ0n) is 8.99. The summed E-state index contributed by atoms with van der Waals surface area (Å²) < 4.78 is 5.54. The summed E-state index contributed by atoms with van der Waals surface area (Å²) >= 11 is 0. The molecule has 0 spiro atoms. The Labute approximate surface area is 81.3 Å². The van der Waals surface area contributed by atoms with E-state index in [1.807, 2.05) is 0 Å². The molecule has 1 heterocycles. The molecule has 0 aromatic rings. The summed E-state index contributed by atoms with van der Waals surface area (Å²) in [5.74, 6) is 3.07. The van der Waals surface area contributed by atoms with Crippen molar-refractivity contribution in [1.29, 1.82) is 0 Å². The lowest BCUT2D eigenvalue weighted by Gasteiger charge is -2.19. The number of fused-ring (bicyclic) bond motifs is 1. The molecule has 0 amide bonds. The molecule has 2 heteroatoms. The highest BCUT2D eigenvalue weighted by Gasteiger charge is 2.52. The summed E-state index contributed by atoms with van der Waals surface area (Å²) in [5.41, 5.74) is 0. The van der Waals surface area contributed by atoms with Crippen LogP contribution in [0.2, 0.25) is 0 Å². The van der Waals surface area contributed by atoms with Crippen LogP contribution in [0, 0.1) is 17.8 Å². The summed E-state index contributed by atoms with van der Waals surface area (Å²) in [6, 6.07) is 0. The van der Waals surface area contributed by atoms with Crippen LogP contribution in [0.15, 0.2) is 0 Å². The van der Waals surface area contributed by atoms with Crippen LogP contribution >= 0.6 is 0 Å². The van der Waals surface area contributed by atoms with Gasteiger partial charge in [0.25, 0.3) is 0 Å². The number of nitrogens with zero attached hydrogens (tertiary/aromatic N) is 1. The first-order chi connectivity index (χ1) is 6.18. The van der Waals surface area contributed by atoms with Gasteiger partial charge in [-0.15, -0.1) is 0 Å². The maximum Gasteiger partial charge on any atom is 0.0596 e. The molecule has 2 fully saturated rings. The van der Waals surface area contributed by atoms with Crippen molar-refractivity contribution in [3.8, 4) is 0 Å². The molecule has 0 N–H and O–H groups in total. The predicted octanol–water partition coefficient (Wildman–Crippen LogP) is 1.61. The van der Waals surface area contributed by atoms with Gasteiger partial charge in [-0.3, -0.25) is 0 Å². The summed E-state index contributed by atoms with van der Waals surface area (Å²) in [7, 11) is 0. The number of ether oxygens (including phenoxy) is 1. The van der Waals surface area contributed by atoms with Crippen molar-refractivity contribution in [1.82, 2.24) is 4.90 Å². The average Bonchev–Trinajstić information content (AvgIpc) is 2.53. The van der Waals surface area contributed by atoms with Gasteiger partial charge in [0.15, 0.2) is 0 Å². The molecule has 0 aromatic carbocycles. The molecular formula is C11H21NO. The molecule has 13 heavy (non-hydrogen) atoms. The highest BCUT2D eigenvalue weighted by Crippen LogP contribution is 2.50. The van der Waals surface area contributed by atoms with Crippen LogP contribution in [0.3, 0.4) is 0 Å². The summed E-state index contributed by atoms with van der Waals surface area (Å²) in [5, 5.41) is 0. The van der Waals surface area contributed by atoms with Crippen molar-refractivity contribution in [2.24, 2.45) is 17.8 Å². The molecule has 0 aromatic heterocycles. The van der Waals surface area contributed by atoms with Crippen molar-refractivity contribution in [2.45, 2.75) is 26.9 Å². The van der Waals surface area contributed by atoms with E-state index in [0.29, 0.717) is 6.10 Å². The second-order valence-electron chi connectivity index (χ2n) is 4.87. The van der Waals surface area contributed by atoms with Crippen LogP contribution in [0.25, 0.3) is 0 Å². The third-order valence-corrected chi connectivity index (χ3v) is 3.56. The van der Waals surface area contributed by atoms with E-state index in [1.54, 1.807) is 0 Å². The maximum atomic E-state index is 5.54. The molecule has 2 aliphatic rings. The van der Waals surface area contributed by atoms with Gasteiger partial charge in [0.2, 0.25) is 0 Å². The molecule has 1 aliphatic heterocycles. The van der Waals surface area contributed by atoms with Crippen LogP contribution in [-0.2, 0) is 4.74 Å². The number of hydrogen-bond donors (Lipinski definition) is 0. The van der Waals surface area contributed by atoms with E-state index < -0.39 is 0 Å². The lowest BCUT2D eigenvalue weighted by Crippen LogP contribution is -2.28. The molecule has 0 bridgehead atoms. The van der Waals surface area contributed by atoms with Crippen LogP contribution in [0.1, 0.15) is 20.8 Å². The Morgan fingerprint density at radius 1 is 1.31 bits per heavy atom. The SMILES string of the molecule is CC(C)OCCN1CC2C(C)C2C1. The first kappa shape index (κ1) is 9.47. The Balaban J connectivity index is 1.58. The summed E-state index contributed by atoms with van der Waals surface area (Å²) in [6.07, 6.45) is 0.385. The zero-order valence-corrected chi connectivity index (χ0v) is 8.99. The van der Waals surface area contributed by atoms with E-state index >= 15 is 0 Å². The van der Waals surface area contributed by atoms with Crippen LogP contribution in [0.4, 0.5) is 0 Å². The molecule has 1 saturated carbocycles. The Hall–Kier alpha value is -0.0800. The summed E-state index contributed by atoms with van der Waals surface area (Å²) in [4.78, 5) is 2.55. The topological polar surface area (TPSA) is 12.5 Å². The van der Waals surface area contributed by atoms with Crippen LogP contribution in [0.5, 0.6) is 0 Å². The fourth-order valence-corrected chi connectivity index (χ4v) is 2.51. The van der Waals surface area contributed by atoms with E-state index in [0.717, 1.165) is 30.9 Å². The number of hydrogen-bond acceptors (Lipinski definition) is 2. The Kier molecular flexibility index (Phi) is 2.61. The number of rotatable bonds is 4. The normalized spacial score (nSPS) is 38.3. The first-order valence-electron chi connectivity index (χ1n) is 5.52. The van der Waals surface area contributed by atoms with Gasteiger partial charge in [0.1, 0.15) is 0 Å². The standard InChI is InChI=1S/C11H21NO/c1-8(2)13-5-4-12-6-10-9(3)11(10)7-12/h8-11H,4-7H2,1-3H3. The molecule has 1 aliphatic carbocycles. The van der Waals surface area contributed by atoms with Crippen molar-refractivity contribution in [3.63, 3.8) is 0 Å². The van der Waals surface area contributed by atoms with E-state index in [-0.39, 0.29) is 0 Å². The lowest BCUT2D eigenvalue weighted by molar-refractivity contribution is 0.0607. The highest BCUT2D eigenvalue weighted by molar-refractivity contribution is 5.02. The molecule has 1 saturated heterocycles. The molecule has 2 nitrogen and oxygen atoms in total. The molecule has 76 valence electrons. The summed E-state index contributed by atoms with van der Waals surface area (Å²) in [6.45, 7) is 11.3. The van der Waals surface area contributed by atoms with Gasteiger partial charge >= 0.3 is 0 Å². The fourth-order valence-electron chi connectivity index (χ4n) is 2.51. The highest BCUT2D eigenvalue weighted by atomic mass is 16.5. The largest absolute Gasteiger partial charge is 0.377 e. The Morgan fingerprint density at radius 3 is 2.46 bits per heavy atom. The fraction of sp³-hybridized carbons (Fsp3) is 1.00. The molecule has 0 radical (unpaired) electrons. The second-order valence-corrected chi connectivity index (χ2v) is 4.87. The van der Waals surface area contributed by atoms with E-state index in [2.05, 4.69) is 25.7 Å². The van der Waals surface area contributed by atoms with Gasteiger partial charge in [0, 0.05) is 19.6 Å². The van der Waals surface area contributed by atoms with Gasteiger partial charge in [-0.05, 0) is 31.6 Å². The number of piperidine rings is 1. The first-order valence-corrected chi connectivity index (χ1v) is 5.52. The van der Waals surface area contributed by atoms with E-state index in [4.69, 9.17) is 4.74 Å². The Morgan fingerprint density at radius 2 is 1.92 bits per heavy atom. The van der Waals surface area contributed by atoms with Crippen LogP contribution < -0.4 is 0 Å². The minimum absolute atomic E-state index is 0.385. The minimum Gasteiger partial charge on any atom is -0.377 e. The van der Waals surface area contributed by atoms with E-state index in [1.165, 1.54) is 13.1 Å². The van der Waals surface area contributed by atoms with Gasteiger partial charge in [-0.2, -0.15) is 0 Å². The molecule has 2 atom stereocenters. The quantitative estimate of drug-likeness (QED) is 0.656. The minimum atomic E-state index is 0.385. The van der Waals surface area contributed by atoms with Gasteiger partial charge < -0.3 is 9.64 Å². The average molecular weight is 183 g/mol. The van der Waals surface area contributed by atoms with Gasteiger partial charge in [-0.25, -0.2) is 0 Å². The van der Waals surface area contributed by atoms with E-state index in [9.17, 15) is 0 Å². The van der Waals surface area contributed by atoms with Gasteiger partial charge in [-0.1, -0.05) is 6.92 Å². The smallest absolute Gasteiger partial charge is 0.0596 e. The second kappa shape index (κ2) is 3.58. The van der Waals surface area contributed by atoms with Gasteiger partial charge in [0.05, 0.1) is 12.7 Å². The third-order valence-electron chi connectivity index (χ3n) is 3.56. The molecule has 2 rings (SSSR count). The zero-order chi connectivity index (χ0) is 9.42. The number of likely N-dealkylation sites (tertiary alicyclic amines) is 1. The Bertz CT molecular complexity index is 169. The molecule has 2 unspecified atom stereocenters. The third kappa shape index (κ3) is 2.05. The van der Waals surface area contributed by atoms with Crippen molar-refractivity contribution in [2.75, 3.05) is 26.2 Å². The molecular weight excluding hydrogens is 162 g/mol. The maximum absolute atomic E-state index is 5.54. The van der Waals surface area contributed by atoms with Crippen molar-refractivity contribution < 1.29 is 4.74 Å². The lowest BCUT2D eigenvalue weighted by atomic mass is 10.3. The van der Waals surface area contributed by atoms with Crippen molar-refractivity contribution in [3.05, 3.63) is 0 Å². The van der Waals surface area contributed by atoms with Crippen molar-refractivity contribution >= 4 is 0 Å². The van der Waals surface area contributed by atoms with Crippen LogP contribution in [-0.4, -0.2) is 37.2 Å². The monoisotopic (exact) mass is 183 g/mol. The predicted molar refractivity (Wildman–Crippen MR) is 53.7 cm³/mol.